The summed E-state index contributed by atoms with van der Waals surface area (Å²) in [7, 11) is 0. The summed E-state index contributed by atoms with van der Waals surface area (Å²) in [6.07, 6.45) is 2.94. The zero-order chi connectivity index (χ0) is 20.1. The average molecular weight is 423 g/mol. The van der Waals surface area contributed by atoms with Crippen LogP contribution in [0.4, 0.5) is 0 Å². The van der Waals surface area contributed by atoms with Crippen LogP contribution in [0.1, 0.15) is 49.4 Å². The molecule has 1 fully saturated rings. The molecule has 0 saturated heterocycles. The van der Waals surface area contributed by atoms with E-state index >= 15 is 0 Å². The first-order valence-electron chi connectivity index (χ1n) is 9.67. The molecule has 1 amide bonds. The van der Waals surface area contributed by atoms with Crippen LogP contribution in [-0.4, -0.2) is 27.4 Å². The van der Waals surface area contributed by atoms with Crippen LogP contribution in [0, 0.1) is 11.8 Å². The number of ether oxygens (including phenoxy) is 1. The fourth-order valence-corrected chi connectivity index (χ4v) is 3.88. The smallest absolute Gasteiger partial charge is 0.223 e. The van der Waals surface area contributed by atoms with E-state index in [0.29, 0.717) is 47.9 Å². The maximum Gasteiger partial charge on any atom is 0.223 e. The maximum absolute atomic E-state index is 12.8. The lowest BCUT2D eigenvalue weighted by Crippen LogP contribution is -2.33. The van der Waals surface area contributed by atoms with Crippen LogP contribution in [-0.2, 0) is 24.6 Å². The molecule has 28 heavy (non-hydrogen) atoms. The van der Waals surface area contributed by atoms with Crippen molar-refractivity contribution in [1.29, 1.82) is 0 Å². The van der Waals surface area contributed by atoms with Gasteiger partial charge < -0.3 is 14.7 Å². The average Bonchev–Trinajstić information content (AvgIpc) is 3.34. The molecule has 152 valence electrons. The Hall–Kier alpha value is -1.63. The van der Waals surface area contributed by atoms with Gasteiger partial charge in [-0.2, -0.15) is 0 Å². The quantitative estimate of drug-likeness (QED) is 0.605. The van der Waals surface area contributed by atoms with Crippen LogP contribution in [0.2, 0.25) is 5.02 Å². The van der Waals surface area contributed by atoms with E-state index in [1.54, 1.807) is 6.07 Å². The van der Waals surface area contributed by atoms with Gasteiger partial charge in [-0.15, -0.1) is 11.3 Å². The summed E-state index contributed by atoms with van der Waals surface area (Å²) in [5, 5.41) is 12.4. The van der Waals surface area contributed by atoms with E-state index in [0.717, 1.165) is 17.1 Å². The van der Waals surface area contributed by atoms with Crippen molar-refractivity contribution >= 4 is 28.8 Å². The van der Waals surface area contributed by atoms with Crippen molar-refractivity contribution < 1.29 is 14.6 Å². The van der Waals surface area contributed by atoms with E-state index in [-0.39, 0.29) is 12.5 Å². The number of halogens is 1. The van der Waals surface area contributed by atoms with Crippen molar-refractivity contribution in [3.63, 3.8) is 0 Å². The predicted octanol–water partition coefficient (Wildman–Crippen LogP) is 4.65. The summed E-state index contributed by atoms with van der Waals surface area (Å²) in [5.74, 6) is 1.84. The molecule has 1 saturated carbocycles. The molecular weight excluding hydrogens is 396 g/mol. The van der Waals surface area contributed by atoms with Crippen LogP contribution in [0.5, 0.6) is 5.75 Å². The molecule has 1 aromatic heterocycles. The molecule has 1 aliphatic carbocycles. The Labute approximate surface area is 175 Å². The monoisotopic (exact) mass is 422 g/mol. The van der Waals surface area contributed by atoms with E-state index in [4.69, 9.17) is 21.4 Å². The zero-order valence-electron chi connectivity index (χ0n) is 16.4. The van der Waals surface area contributed by atoms with Gasteiger partial charge in [-0.3, -0.25) is 4.79 Å². The fraction of sp³-hybridized carbons (Fsp3) is 0.524. The molecule has 0 unspecified atom stereocenters. The number of hydrogen-bond donors (Lipinski definition) is 1. The van der Waals surface area contributed by atoms with Crippen LogP contribution in [0.15, 0.2) is 23.6 Å². The number of carbonyl (C=O) groups excluding carboxylic acids is 1. The highest BCUT2D eigenvalue weighted by Crippen LogP contribution is 2.32. The molecule has 5 nitrogen and oxygen atoms in total. The summed E-state index contributed by atoms with van der Waals surface area (Å²) < 4.78 is 5.99. The number of aliphatic hydroxyl groups excluding tert-OH is 1. The van der Waals surface area contributed by atoms with Gasteiger partial charge in [0.15, 0.2) is 0 Å². The first-order chi connectivity index (χ1) is 13.4. The molecule has 1 heterocycles. The second kappa shape index (κ2) is 9.72. The normalized spacial score (nSPS) is 13.8. The topological polar surface area (TPSA) is 62.7 Å². The van der Waals surface area contributed by atoms with Gasteiger partial charge in [-0.05, 0) is 42.9 Å². The zero-order valence-corrected chi connectivity index (χ0v) is 17.9. The van der Waals surface area contributed by atoms with Gasteiger partial charge in [-0.1, -0.05) is 25.4 Å². The molecule has 0 atom stereocenters. The minimum atomic E-state index is -0.0726. The number of benzene rings is 1. The molecule has 0 aliphatic heterocycles. The predicted molar refractivity (Wildman–Crippen MR) is 111 cm³/mol. The van der Waals surface area contributed by atoms with Crippen LogP contribution in [0.3, 0.4) is 0 Å². The SMILES string of the molecule is CC(C)CC(=O)N(Cc1cc(Cl)ccc1OCc1nc(CO)cs1)CC1CC1. The van der Waals surface area contributed by atoms with Gasteiger partial charge in [0.2, 0.25) is 5.91 Å². The molecule has 7 heteroatoms. The third kappa shape index (κ3) is 6.19. The Morgan fingerprint density at radius 2 is 2.21 bits per heavy atom. The lowest BCUT2D eigenvalue weighted by molar-refractivity contribution is -0.132. The number of rotatable bonds is 10. The van der Waals surface area contributed by atoms with Crippen molar-refractivity contribution in [1.82, 2.24) is 9.88 Å². The molecule has 1 N–H and O–H groups in total. The molecule has 1 aromatic carbocycles. The lowest BCUT2D eigenvalue weighted by Gasteiger charge is -2.25. The van der Waals surface area contributed by atoms with E-state index in [1.807, 2.05) is 22.4 Å². The molecule has 1 aliphatic rings. The molecule has 0 bridgehead atoms. The van der Waals surface area contributed by atoms with Gasteiger partial charge in [0.25, 0.3) is 0 Å². The number of nitrogens with zero attached hydrogens (tertiary/aromatic N) is 2. The van der Waals surface area contributed by atoms with E-state index in [9.17, 15) is 4.79 Å². The maximum atomic E-state index is 12.8. The minimum absolute atomic E-state index is 0.0726. The van der Waals surface area contributed by atoms with Crippen molar-refractivity contribution in [2.24, 2.45) is 11.8 Å². The Morgan fingerprint density at radius 3 is 2.86 bits per heavy atom. The van der Waals surface area contributed by atoms with Gasteiger partial charge in [0, 0.05) is 35.5 Å². The summed E-state index contributed by atoms with van der Waals surface area (Å²) >= 11 is 7.68. The van der Waals surface area contributed by atoms with Gasteiger partial charge >= 0.3 is 0 Å². The minimum Gasteiger partial charge on any atom is -0.486 e. The number of aliphatic hydroxyl groups is 1. The summed E-state index contributed by atoms with van der Waals surface area (Å²) in [6, 6.07) is 5.52. The van der Waals surface area contributed by atoms with Crippen molar-refractivity contribution in [3.8, 4) is 5.75 Å². The van der Waals surface area contributed by atoms with Gasteiger partial charge in [0.1, 0.15) is 17.4 Å². The van der Waals surface area contributed by atoms with Crippen LogP contribution in [0.25, 0.3) is 0 Å². The van der Waals surface area contributed by atoms with Crippen molar-refractivity contribution in [2.75, 3.05) is 6.54 Å². The van der Waals surface area contributed by atoms with Gasteiger partial charge in [0.05, 0.1) is 12.3 Å². The second-order valence-electron chi connectivity index (χ2n) is 7.75. The molecule has 3 rings (SSSR count). The lowest BCUT2D eigenvalue weighted by atomic mass is 10.1. The highest BCUT2D eigenvalue weighted by molar-refractivity contribution is 7.09. The highest BCUT2D eigenvalue weighted by Gasteiger charge is 2.27. The largest absolute Gasteiger partial charge is 0.486 e. The number of hydrogen-bond acceptors (Lipinski definition) is 5. The van der Waals surface area contributed by atoms with Crippen LogP contribution < -0.4 is 4.74 Å². The van der Waals surface area contributed by atoms with Crippen LogP contribution >= 0.6 is 22.9 Å². The second-order valence-corrected chi connectivity index (χ2v) is 9.13. The van der Waals surface area contributed by atoms with Crippen molar-refractivity contribution in [2.45, 2.75) is 52.9 Å². The van der Waals surface area contributed by atoms with E-state index < -0.39 is 0 Å². The summed E-state index contributed by atoms with van der Waals surface area (Å²) in [4.78, 5) is 19.0. The Balaban J connectivity index is 1.72. The molecule has 2 aromatic rings. The molecule has 0 spiro atoms. The van der Waals surface area contributed by atoms with Gasteiger partial charge in [-0.25, -0.2) is 4.98 Å². The first kappa shape index (κ1) is 21.1. The number of carbonyl (C=O) groups is 1. The van der Waals surface area contributed by atoms with E-state index in [2.05, 4.69) is 18.8 Å². The third-order valence-corrected chi connectivity index (χ3v) is 5.71. The first-order valence-corrected chi connectivity index (χ1v) is 10.9. The number of aromatic nitrogens is 1. The highest BCUT2D eigenvalue weighted by atomic mass is 35.5. The van der Waals surface area contributed by atoms with E-state index in [1.165, 1.54) is 24.2 Å². The Morgan fingerprint density at radius 1 is 1.43 bits per heavy atom. The van der Waals surface area contributed by atoms with Crippen molar-refractivity contribution in [3.05, 3.63) is 44.9 Å². The molecular formula is C21H27ClN2O3S. The summed E-state index contributed by atoms with van der Waals surface area (Å²) in [5.41, 5.74) is 1.55. The fourth-order valence-electron chi connectivity index (χ4n) is 2.99. The number of amides is 1. The molecule has 0 radical (unpaired) electrons. The summed E-state index contributed by atoms with van der Waals surface area (Å²) in [6.45, 7) is 5.67. The number of thiazole rings is 1. The third-order valence-electron chi connectivity index (χ3n) is 4.61. The standard InChI is InChI=1S/C21H27ClN2O3S/c1-14(2)7-21(26)24(9-15-3-4-15)10-16-8-17(22)5-6-19(16)27-12-20-23-18(11-25)13-28-20/h5-6,8,13-15,25H,3-4,7,9-12H2,1-2H3. The Bertz CT molecular complexity index is 805. The Kier molecular flexibility index (Phi) is 7.32.